The number of nitrogens with zero attached hydrogens (tertiary/aromatic N) is 2. The largest absolute Gasteiger partial charge is 0.710 e. The molecule has 0 spiro atoms. The Kier molecular flexibility index (Phi) is 3.28. The number of aromatic nitrogens is 2. The van der Waals surface area contributed by atoms with Crippen LogP contribution in [0.25, 0.3) is 22.5 Å². The molecule has 4 heteroatoms. The smallest absolute Gasteiger partial charge is 0.290 e. The van der Waals surface area contributed by atoms with Crippen LogP contribution in [-0.2, 0) is 0 Å². The Morgan fingerprint density at radius 2 is 1.76 bits per heavy atom. The molecule has 0 bridgehead atoms. The fraction of sp³-hybridized carbons (Fsp3) is 0.0588. The molecule has 0 atom stereocenters. The molecule has 0 aliphatic carbocycles. The van der Waals surface area contributed by atoms with E-state index in [1.54, 1.807) is 6.07 Å². The summed E-state index contributed by atoms with van der Waals surface area (Å²) in [6, 6.07) is 17.1. The number of anilines is 1. The topological polar surface area (TPSA) is 65.8 Å². The van der Waals surface area contributed by atoms with Crippen molar-refractivity contribution in [3.8, 4) is 22.5 Å². The van der Waals surface area contributed by atoms with Crippen molar-refractivity contribution < 1.29 is 4.73 Å². The highest BCUT2D eigenvalue weighted by Crippen LogP contribution is 2.24. The second-order valence-electron chi connectivity index (χ2n) is 4.92. The van der Waals surface area contributed by atoms with Crippen LogP contribution in [0.2, 0.25) is 0 Å². The van der Waals surface area contributed by atoms with Crippen molar-refractivity contribution in [2.24, 2.45) is 0 Å². The van der Waals surface area contributed by atoms with Gasteiger partial charge in [0.05, 0.1) is 0 Å². The first-order valence-electron chi connectivity index (χ1n) is 6.66. The molecule has 1 heterocycles. The van der Waals surface area contributed by atoms with Crippen LogP contribution in [0.5, 0.6) is 0 Å². The fourth-order valence-electron chi connectivity index (χ4n) is 2.22. The first-order valence-corrected chi connectivity index (χ1v) is 6.66. The zero-order valence-corrected chi connectivity index (χ0v) is 11.7. The van der Waals surface area contributed by atoms with E-state index in [0.717, 1.165) is 32.8 Å². The lowest BCUT2D eigenvalue weighted by Gasteiger charge is -2.09. The highest BCUT2D eigenvalue weighted by molar-refractivity contribution is 5.68. The van der Waals surface area contributed by atoms with Gasteiger partial charge in [-0.2, -0.15) is 0 Å². The van der Waals surface area contributed by atoms with Crippen molar-refractivity contribution in [2.75, 3.05) is 5.73 Å². The van der Waals surface area contributed by atoms with E-state index >= 15 is 0 Å². The summed E-state index contributed by atoms with van der Waals surface area (Å²) in [5.41, 5.74) is 10.7. The number of rotatable bonds is 2. The quantitative estimate of drug-likeness (QED) is 0.445. The number of nitrogens with two attached hydrogens (primary N) is 1. The summed E-state index contributed by atoms with van der Waals surface area (Å²) in [6.07, 6.45) is 1.29. The Morgan fingerprint density at radius 1 is 1.00 bits per heavy atom. The number of nitrogen functional groups attached to an aromatic ring is 1. The predicted octanol–water partition coefficient (Wildman–Crippen LogP) is 2.94. The maximum Gasteiger partial charge on any atom is 0.290 e. The molecular formula is C17H15N3O. The third-order valence-corrected chi connectivity index (χ3v) is 3.45. The summed E-state index contributed by atoms with van der Waals surface area (Å²) in [6.45, 7) is 1.95. The van der Waals surface area contributed by atoms with Gasteiger partial charge in [0.2, 0.25) is 0 Å². The van der Waals surface area contributed by atoms with Crippen molar-refractivity contribution in [2.45, 2.75) is 6.92 Å². The fourth-order valence-corrected chi connectivity index (χ4v) is 2.22. The van der Waals surface area contributed by atoms with Crippen molar-refractivity contribution in [1.82, 2.24) is 4.98 Å². The Morgan fingerprint density at radius 3 is 2.48 bits per heavy atom. The van der Waals surface area contributed by atoms with Gasteiger partial charge >= 0.3 is 0 Å². The van der Waals surface area contributed by atoms with E-state index in [-0.39, 0.29) is 0 Å². The standard InChI is InChI=1S/C17H15N3O/c1-12-9-14(7-8-15(12)18)16-10-17(20(21)11-19-16)13-5-3-2-4-6-13/h2-11H,18H2,1H3. The van der Waals surface area contributed by atoms with Gasteiger partial charge in [0.25, 0.3) is 6.33 Å². The average molecular weight is 277 g/mol. The molecule has 104 valence electrons. The number of aryl methyl sites for hydroxylation is 1. The van der Waals surface area contributed by atoms with Crippen LogP contribution < -0.4 is 10.5 Å². The molecular weight excluding hydrogens is 262 g/mol. The van der Waals surface area contributed by atoms with Crippen LogP contribution in [0, 0.1) is 12.1 Å². The first kappa shape index (κ1) is 13.1. The maximum absolute atomic E-state index is 12.0. The maximum atomic E-state index is 12.0. The minimum absolute atomic E-state index is 0.579. The van der Waals surface area contributed by atoms with Gasteiger partial charge in [0.15, 0.2) is 5.69 Å². The summed E-state index contributed by atoms with van der Waals surface area (Å²) in [4.78, 5) is 4.22. The Bertz CT molecular complexity index is 785. The van der Waals surface area contributed by atoms with Gasteiger partial charge in [0, 0.05) is 22.9 Å². The monoisotopic (exact) mass is 277 g/mol. The van der Waals surface area contributed by atoms with Crippen molar-refractivity contribution in [3.63, 3.8) is 0 Å². The van der Waals surface area contributed by atoms with Crippen molar-refractivity contribution >= 4 is 5.69 Å². The molecule has 4 nitrogen and oxygen atoms in total. The summed E-state index contributed by atoms with van der Waals surface area (Å²) < 4.78 is 0.781. The second-order valence-corrected chi connectivity index (χ2v) is 4.92. The third-order valence-electron chi connectivity index (χ3n) is 3.45. The van der Waals surface area contributed by atoms with Crippen molar-refractivity contribution in [3.05, 3.63) is 71.7 Å². The average Bonchev–Trinajstić information content (AvgIpc) is 2.51. The summed E-state index contributed by atoms with van der Waals surface area (Å²) >= 11 is 0. The lowest BCUT2D eigenvalue weighted by Crippen LogP contribution is -2.29. The van der Waals surface area contributed by atoms with Crippen molar-refractivity contribution in [1.29, 1.82) is 0 Å². The SMILES string of the molecule is Cc1cc(-c2cc(-c3ccccc3)[n+]([O-])cn2)ccc1N. The van der Waals surface area contributed by atoms with E-state index in [1.807, 2.05) is 55.5 Å². The molecule has 0 saturated carbocycles. The van der Waals surface area contributed by atoms with Gasteiger partial charge in [-0.25, -0.2) is 4.73 Å². The highest BCUT2D eigenvalue weighted by atomic mass is 16.5. The third kappa shape index (κ3) is 2.56. The van der Waals surface area contributed by atoms with Gasteiger partial charge in [-0.3, -0.25) is 0 Å². The zero-order valence-electron chi connectivity index (χ0n) is 11.7. The van der Waals surface area contributed by atoms with Crippen LogP contribution in [0.1, 0.15) is 5.56 Å². The van der Waals surface area contributed by atoms with Gasteiger partial charge in [-0.05, 0) is 35.7 Å². The van der Waals surface area contributed by atoms with Gasteiger partial charge in [-0.15, -0.1) is 0 Å². The van der Waals surface area contributed by atoms with Gasteiger partial charge < -0.3 is 10.9 Å². The zero-order chi connectivity index (χ0) is 14.8. The van der Waals surface area contributed by atoms with Crippen LogP contribution >= 0.6 is 0 Å². The molecule has 1 aromatic heterocycles. The minimum Gasteiger partial charge on any atom is -0.710 e. The molecule has 2 N–H and O–H groups in total. The van der Waals surface area contributed by atoms with E-state index in [9.17, 15) is 5.21 Å². The summed E-state index contributed by atoms with van der Waals surface area (Å²) in [5, 5.41) is 12.0. The Hall–Kier alpha value is -2.88. The molecule has 0 aliphatic heterocycles. The van der Waals surface area contributed by atoms with Crippen LogP contribution in [0.15, 0.2) is 60.9 Å². The van der Waals surface area contributed by atoms with Gasteiger partial charge in [0.1, 0.15) is 5.69 Å². The Labute approximate surface area is 123 Å². The van der Waals surface area contributed by atoms with Crippen LogP contribution in [0.3, 0.4) is 0 Å². The normalized spacial score (nSPS) is 10.5. The van der Waals surface area contributed by atoms with Crippen LogP contribution in [-0.4, -0.2) is 4.98 Å². The molecule has 0 saturated heterocycles. The highest BCUT2D eigenvalue weighted by Gasteiger charge is 2.12. The van der Waals surface area contributed by atoms with E-state index in [0.29, 0.717) is 5.69 Å². The van der Waals surface area contributed by atoms with Gasteiger partial charge in [-0.1, -0.05) is 30.3 Å². The number of hydrogen-bond donors (Lipinski definition) is 1. The van der Waals surface area contributed by atoms with Crippen LogP contribution in [0.4, 0.5) is 5.69 Å². The number of hydrogen-bond acceptors (Lipinski definition) is 3. The molecule has 0 radical (unpaired) electrons. The molecule has 0 fully saturated rings. The van der Waals surface area contributed by atoms with E-state index < -0.39 is 0 Å². The molecule has 3 rings (SSSR count). The molecule has 0 aliphatic rings. The number of benzene rings is 2. The first-order chi connectivity index (χ1) is 10.1. The molecule has 0 unspecified atom stereocenters. The molecule has 2 aromatic carbocycles. The lowest BCUT2D eigenvalue weighted by atomic mass is 10.0. The van der Waals surface area contributed by atoms with E-state index in [4.69, 9.17) is 5.73 Å². The molecule has 0 amide bonds. The molecule has 3 aromatic rings. The van der Waals surface area contributed by atoms with E-state index in [1.165, 1.54) is 6.33 Å². The van der Waals surface area contributed by atoms with E-state index in [2.05, 4.69) is 4.98 Å². The lowest BCUT2D eigenvalue weighted by molar-refractivity contribution is -0.597. The molecule has 21 heavy (non-hydrogen) atoms. The summed E-state index contributed by atoms with van der Waals surface area (Å²) in [7, 11) is 0. The second kappa shape index (κ2) is 5.25. The minimum atomic E-state index is 0.579. The summed E-state index contributed by atoms with van der Waals surface area (Å²) in [5.74, 6) is 0. The predicted molar refractivity (Wildman–Crippen MR) is 83.2 cm³/mol. The Balaban J connectivity index is 2.11.